The standard InChI is InChI=1S/C19H25N9O.2ClH/c1-19(2,3)21-13-7-8-28(11-13)18-20-10-15(22-24-18)14-6-5-12(9-16(14)29)17-23-26-27(4)25-17;;/h5-6,9-10,13,21,29H,7-8,11H2,1-4H3;2*1H. The second kappa shape index (κ2) is 9.71. The molecule has 0 amide bonds. The van der Waals surface area contributed by atoms with E-state index in [-0.39, 0.29) is 36.1 Å². The molecular weight excluding hydrogens is 441 g/mol. The third kappa shape index (κ3) is 5.78. The van der Waals surface area contributed by atoms with Gasteiger partial charge in [0, 0.05) is 35.8 Å². The molecule has 0 saturated carbocycles. The normalized spacial score (nSPS) is 16.0. The van der Waals surface area contributed by atoms with E-state index in [0.717, 1.165) is 19.5 Å². The average molecular weight is 468 g/mol. The van der Waals surface area contributed by atoms with E-state index in [1.54, 1.807) is 25.4 Å². The first-order valence-corrected chi connectivity index (χ1v) is 9.58. The van der Waals surface area contributed by atoms with Crippen LogP contribution in [-0.2, 0) is 7.05 Å². The van der Waals surface area contributed by atoms with Crippen molar-refractivity contribution in [3.63, 3.8) is 0 Å². The molecule has 1 saturated heterocycles. The van der Waals surface area contributed by atoms with Crippen LogP contribution < -0.4 is 10.2 Å². The van der Waals surface area contributed by atoms with Crippen LogP contribution in [0.1, 0.15) is 27.2 Å². The van der Waals surface area contributed by atoms with Crippen LogP contribution >= 0.6 is 24.8 Å². The van der Waals surface area contributed by atoms with E-state index in [9.17, 15) is 5.11 Å². The summed E-state index contributed by atoms with van der Waals surface area (Å²) in [7, 11) is 1.69. The zero-order valence-electron chi connectivity index (χ0n) is 17.8. The van der Waals surface area contributed by atoms with Crippen LogP contribution in [0.25, 0.3) is 22.6 Å². The molecule has 12 heteroatoms. The molecule has 0 aliphatic carbocycles. The predicted molar refractivity (Wildman–Crippen MR) is 123 cm³/mol. The van der Waals surface area contributed by atoms with Gasteiger partial charge in [0.05, 0.1) is 13.2 Å². The number of tetrazole rings is 1. The van der Waals surface area contributed by atoms with E-state index in [0.29, 0.717) is 34.6 Å². The summed E-state index contributed by atoms with van der Waals surface area (Å²) in [6.45, 7) is 8.24. The number of rotatable bonds is 4. The Kier molecular flexibility index (Phi) is 7.74. The summed E-state index contributed by atoms with van der Waals surface area (Å²) in [4.78, 5) is 7.97. The van der Waals surface area contributed by atoms with E-state index in [2.05, 4.69) is 61.6 Å². The summed E-state index contributed by atoms with van der Waals surface area (Å²) in [5.74, 6) is 1.11. The Bertz CT molecular complexity index is 1000. The molecule has 1 fully saturated rings. The molecule has 2 aromatic heterocycles. The van der Waals surface area contributed by atoms with Crippen molar-refractivity contribution in [2.75, 3.05) is 18.0 Å². The third-order valence-corrected chi connectivity index (χ3v) is 4.70. The van der Waals surface area contributed by atoms with Crippen molar-refractivity contribution in [3.05, 3.63) is 24.4 Å². The third-order valence-electron chi connectivity index (χ3n) is 4.70. The summed E-state index contributed by atoms with van der Waals surface area (Å²) in [6, 6.07) is 5.56. The molecule has 1 aromatic carbocycles. The Morgan fingerprint density at radius 2 is 1.90 bits per heavy atom. The van der Waals surface area contributed by atoms with Crippen molar-refractivity contribution in [3.8, 4) is 28.4 Å². The molecule has 3 heterocycles. The van der Waals surface area contributed by atoms with Gasteiger partial charge in [0.1, 0.15) is 11.4 Å². The SMILES string of the molecule is Cl.Cl.Cn1nnc(-c2ccc(-c3cnc(N4CCC(NC(C)(C)C)C4)nn3)c(O)c2)n1. The number of nitrogens with one attached hydrogen (secondary N) is 1. The maximum atomic E-state index is 10.4. The first-order valence-electron chi connectivity index (χ1n) is 9.58. The minimum Gasteiger partial charge on any atom is -0.507 e. The van der Waals surface area contributed by atoms with Crippen molar-refractivity contribution in [1.82, 2.24) is 40.7 Å². The number of hydrogen-bond acceptors (Lipinski definition) is 9. The van der Waals surface area contributed by atoms with Gasteiger partial charge in [-0.25, -0.2) is 4.98 Å². The molecule has 1 unspecified atom stereocenters. The van der Waals surface area contributed by atoms with Crippen molar-refractivity contribution in [2.45, 2.75) is 38.8 Å². The van der Waals surface area contributed by atoms with E-state index in [1.165, 1.54) is 4.80 Å². The fourth-order valence-electron chi connectivity index (χ4n) is 3.50. The largest absolute Gasteiger partial charge is 0.507 e. The van der Waals surface area contributed by atoms with Crippen molar-refractivity contribution in [2.24, 2.45) is 7.05 Å². The number of aryl methyl sites for hydroxylation is 1. The van der Waals surface area contributed by atoms with Crippen LogP contribution in [-0.4, -0.2) is 65.2 Å². The van der Waals surface area contributed by atoms with Crippen LogP contribution in [0.15, 0.2) is 24.4 Å². The summed E-state index contributed by atoms with van der Waals surface area (Å²) in [5, 5.41) is 34.5. The first-order chi connectivity index (χ1) is 13.8. The molecule has 10 nitrogen and oxygen atoms in total. The van der Waals surface area contributed by atoms with Gasteiger partial charge in [0.2, 0.25) is 11.8 Å². The quantitative estimate of drug-likeness (QED) is 0.594. The van der Waals surface area contributed by atoms with Gasteiger partial charge >= 0.3 is 0 Å². The summed E-state index contributed by atoms with van der Waals surface area (Å²) in [5.41, 5.74) is 1.81. The Hall–Kier alpha value is -2.56. The molecular formula is C19H27Cl2N9O. The van der Waals surface area contributed by atoms with Crippen LogP contribution in [0.4, 0.5) is 5.95 Å². The lowest BCUT2D eigenvalue weighted by Gasteiger charge is -2.25. The van der Waals surface area contributed by atoms with Gasteiger partial charge in [-0.2, -0.15) is 4.80 Å². The molecule has 0 bridgehead atoms. The maximum Gasteiger partial charge on any atom is 0.245 e. The second-order valence-corrected chi connectivity index (χ2v) is 8.30. The number of benzene rings is 1. The number of aromatic nitrogens is 7. The van der Waals surface area contributed by atoms with Gasteiger partial charge in [-0.1, -0.05) is 6.07 Å². The fourth-order valence-corrected chi connectivity index (χ4v) is 3.50. The van der Waals surface area contributed by atoms with E-state index >= 15 is 0 Å². The number of nitrogens with zero attached hydrogens (tertiary/aromatic N) is 8. The number of phenols is 1. The smallest absolute Gasteiger partial charge is 0.245 e. The molecule has 31 heavy (non-hydrogen) atoms. The lowest BCUT2D eigenvalue weighted by molar-refractivity contribution is 0.373. The Balaban J connectivity index is 0.00000171. The molecule has 0 radical (unpaired) electrons. The van der Waals surface area contributed by atoms with Gasteiger partial charge in [0.25, 0.3) is 0 Å². The number of halogens is 2. The van der Waals surface area contributed by atoms with Crippen molar-refractivity contribution in [1.29, 1.82) is 0 Å². The number of anilines is 1. The highest BCUT2D eigenvalue weighted by atomic mass is 35.5. The van der Waals surface area contributed by atoms with Gasteiger partial charge in [-0.05, 0) is 44.5 Å². The Morgan fingerprint density at radius 3 is 2.48 bits per heavy atom. The summed E-state index contributed by atoms with van der Waals surface area (Å²) >= 11 is 0. The highest BCUT2D eigenvalue weighted by Crippen LogP contribution is 2.31. The summed E-state index contributed by atoms with van der Waals surface area (Å²) in [6.07, 6.45) is 2.68. The van der Waals surface area contributed by atoms with Crippen LogP contribution in [0.3, 0.4) is 0 Å². The lowest BCUT2D eigenvalue weighted by Crippen LogP contribution is -2.45. The first kappa shape index (κ1) is 24.7. The molecule has 1 aliphatic rings. The van der Waals surface area contributed by atoms with Crippen LogP contribution in [0, 0.1) is 0 Å². The minimum atomic E-state index is 0. The van der Waals surface area contributed by atoms with Crippen LogP contribution in [0.2, 0.25) is 0 Å². The van der Waals surface area contributed by atoms with Crippen molar-refractivity contribution >= 4 is 30.8 Å². The lowest BCUT2D eigenvalue weighted by atomic mass is 10.1. The maximum absolute atomic E-state index is 10.4. The van der Waals surface area contributed by atoms with E-state index in [4.69, 9.17) is 0 Å². The van der Waals surface area contributed by atoms with Crippen molar-refractivity contribution < 1.29 is 5.11 Å². The average Bonchev–Trinajstić information content (AvgIpc) is 3.30. The highest BCUT2D eigenvalue weighted by molar-refractivity contribution is 5.85. The molecule has 0 spiro atoms. The van der Waals surface area contributed by atoms with E-state index < -0.39 is 0 Å². The van der Waals surface area contributed by atoms with E-state index in [1.807, 2.05) is 6.07 Å². The van der Waals surface area contributed by atoms with Gasteiger partial charge in [-0.15, -0.1) is 45.2 Å². The van der Waals surface area contributed by atoms with Gasteiger partial charge in [0.15, 0.2) is 0 Å². The molecule has 3 aromatic rings. The Morgan fingerprint density at radius 1 is 1.13 bits per heavy atom. The molecule has 1 atom stereocenters. The number of phenolic OH excluding ortho intramolecular Hbond substituents is 1. The molecule has 4 rings (SSSR count). The minimum absolute atomic E-state index is 0. The zero-order chi connectivity index (χ0) is 20.6. The highest BCUT2D eigenvalue weighted by Gasteiger charge is 2.27. The second-order valence-electron chi connectivity index (χ2n) is 8.30. The molecule has 168 valence electrons. The monoisotopic (exact) mass is 467 g/mol. The topological polar surface area (TPSA) is 118 Å². The molecule has 2 N–H and O–H groups in total. The molecule has 1 aliphatic heterocycles. The predicted octanol–water partition coefficient (Wildman–Crippen LogP) is 2.25. The zero-order valence-corrected chi connectivity index (χ0v) is 19.5. The summed E-state index contributed by atoms with van der Waals surface area (Å²) < 4.78 is 0. The number of aromatic hydroxyl groups is 1. The Labute approximate surface area is 193 Å². The van der Waals surface area contributed by atoms with Gasteiger partial charge in [-0.3, -0.25) is 0 Å². The van der Waals surface area contributed by atoms with Crippen LogP contribution in [0.5, 0.6) is 5.75 Å². The fraction of sp³-hybridized carbons (Fsp3) is 0.474. The number of hydrogen-bond donors (Lipinski definition) is 2. The van der Waals surface area contributed by atoms with Gasteiger partial charge < -0.3 is 15.3 Å².